The van der Waals surface area contributed by atoms with Crippen molar-refractivity contribution in [2.75, 3.05) is 0 Å². The molecule has 5 N–H and O–H groups in total. The highest BCUT2D eigenvalue weighted by molar-refractivity contribution is 7.89. The predicted molar refractivity (Wildman–Crippen MR) is 77.1 cm³/mol. The van der Waals surface area contributed by atoms with Gasteiger partial charge in [0, 0.05) is 6.54 Å². The highest BCUT2D eigenvalue weighted by atomic mass is 32.2. The van der Waals surface area contributed by atoms with Crippen molar-refractivity contribution in [1.82, 2.24) is 5.32 Å². The molecule has 1 rings (SSSR count). The molecule has 1 amide bonds. The molecule has 20 heavy (non-hydrogen) atoms. The van der Waals surface area contributed by atoms with E-state index in [1.165, 1.54) is 12.1 Å². The zero-order valence-electron chi connectivity index (χ0n) is 11.7. The maximum absolute atomic E-state index is 11.7. The Kier molecular flexibility index (Phi) is 5.67. The first-order valence-corrected chi connectivity index (χ1v) is 7.90. The molecule has 112 valence electrons. The number of amides is 1. The molecule has 1 aromatic carbocycles. The molecule has 6 nitrogen and oxygen atoms in total. The topological polar surface area (TPSA) is 115 Å². The lowest BCUT2D eigenvalue weighted by Gasteiger charge is -2.14. The summed E-state index contributed by atoms with van der Waals surface area (Å²) in [7, 11) is -3.69. The normalized spacial score (nSPS) is 13.2. The van der Waals surface area contributed by atoms with Gasteiger partial charge in [-0.1, -0.05) is 26.0 Å². The summed E-state index contributed by atoms with van der Waals surface area (Å²) in [6.07, 6.45) is 0.621. The summed E-state index contributed by atoms with van der Waals surface area (Å²) in [4.78, 5) is 11.8. The first kappa shape index (κ1) is 16.6. The van der Waals surface area contributed by atoms with E-state index in [9.17, 15) is 13.2 Å². The predicted octanol–water partition coefficient (Wildman–Crippen LogP) is 0.324. The van der Waals surface area contributed by atoms with E-state index in [0.29, 0.717) is 18.9 Å². The number of primary sulfonamides is 1. The number of carbonyl (C=O) groups excluding carboxylic acids is 1. The van der Waals surface area contributed by atoms with Crippen molar-refractivity contribution >= 4 is 15.9 Å². The van der Waals surface area contributed by atoms with E-state index in [0.717, 1.165) is 5.56 Å². The summed E-state index contributed by atoms with van der Waals surface area (Å²) in [5.41, 5.74) is 6.54. The molecule has 7 heteroatoms. The lowest BCUT2D eigenvalue weighted by atomic mass is 10.0. The molecule has 0 bridgehead atoms. The van der Waals surface area contributed by atoms with Crippen LogP contribution in [0, 0.1) is 5.92 Å². The van der Waals surface area contributed by atoms with Crippen LogP contribution in [0.5, 0.6) is 0 Å². The second kappa shape index (κ2) is 6.83. The minimum absolute atomic E-state index is 0.0454. The van der Waals surface area contributed by atoms with E-state index in [4.69, 9.17) is 10.9 Å². The largest absolute Gasteiger partial charge is 0.351 e. The fourth-order valence-corrected chi connectivity index (χ4v) is 2.25. The van der Waals surface area contributed by atoms with Gasteiger partial charge in [0.2, 0.25) is 15.9 Å². The maximum atomic E-state index is 11.7. The molecular weight excluding hydrogens is 278 g/mol. The number of benzene rings is 1. The zero-order chi connectivity index (χ0) is 15.3. The minimum atomic E-state index is -3.69. The van der Waals surface area contributed by atoms with Gasteiger partial charge in [0.1, 0.15) is 0 Å². The van der Waals surface area contributed by atoms with Gasteiger partial charge < -0.3 is 11.1 Å². The first-order valence-electron chi connectivity index (χ1n) is 6.35. The van der Waals surface area contributed by atoms with E-state index >= 15 is 0 Å². The number of nitrogens with one attached hydrogen (secondary N) is 1. The van der Waals surface area contributed by atoms with Crippen LogP contribution in [-0.4, -0.2) is 20.4 Å². The summed E-state index contributed by atoms with van der Waals surface area (Å²) in [5.74, 6) is 0.138. The van der Waals surface area contributed by atoms with Crippen molar-refractivity contribution in [3.05, 3.63) is 29.8 Å². The Morgan fingerprint density at radius 1 is 1.25 bits per heavy atom. The summed E-state index contributed by atoms with van der Waals surface area (Å²) >= 11 is 0. The SMILES string of the molecule is CC(C)CC(N)C(=O)NCc1ccc(S(N)(=O)=O)cc1. The van der Waals surface area contributed by atoms with Gasteiger partial charge in [0.25, 0.3) is 0 Å². The van der Waals surface area contributed by atoms with Crippen molar-refractivity contribution < 1.29 is 13.2 Å². The minimum Gasteiger partial charge on any atom is -0.351 e. The van der Waals surface area contributed by atoms with Crippen molar-refractivity contribution in [2.24, 2.45) is 16.8 Å². The fraction of sp³-hybridized carbons (Fsp3) is 0.462. The van der Waals surface area contributed by atoms with Crippen molar-refractivity contribution in [3.8, 4) is 0 Å². The highest BCUT2D eigenvalue weighted by Gasteiger charge is 2.14. The van der Waals surface area contributed by atoms with Crippen molar-refractivity contribution in [1.29, 1.82) is 0 Å². The van der Waals surface area contributed by atoms with E-state index in [1.807, 2.05) is 13.8 Å². The summed E-state index contributed by atoms with van der Waals surface area (Å²) in [5, 5.41) is 7.72. The zero-order valence-corrected chi connectivity index (χ0v) is 12.5. The monoisotopic (exact) mass is 299 g/mol. The Bertz CT molecular complexity index is 553. The van der Waals surface area contributed by atoms with Crippen LogP contribution in [0.1, 0.15) is 25.8 Å². The lowest BCUT2D eigenvalue weighted by molar-refractivity contribution is -0.122. The molecule has 1 aromatic rings. The van der Waals surface area contributed by atoms with Gasteiger partial charge in [-0.2, -0.15) is 0 Å². The second-order valence-corrected chi connectivity index (χ2v) is 6.70. The Balaban J connectivity index is 2.56. The van der Waals surface area contributed by atoms with E-state index < -0.39 is 16.1 Å². The maximum Gasteiger partial charge on any atom is 0.238 e. The van der Waals surface area contributed by atoms with E-state index in [2.05, 4.69) is 5.32 Å². The van der Waals surface area contributed by atoms with Crippen LogP contribution in [0.3, 0.4) is 0 Å². The van der Waals surface area contributed by atoms with Crippen LogP contribution in [0.2, 0.25) is 0 Å². The Labute approximate surface area is 119 Å². The smallest absolute Gasteiger partial charge is 0.238 e. The van der Waals surface area contributed by atoms with Crippen LogP contribution in [0.4, 0.5) is 0 Å². The van der Waals surface area contributed by atoms with Crippen molar-refractivity contribution in [2.45, 2.75) is 37.8 Å². The van der Waals surface area contributed by atoms with Gasteiger partial charge in [0.15, 0.2) is 0 Å². The van der Waals surface area contributed by atoms with Gasteiger partial charge in [-0.3, -0.25) is 4.79 Å². The number of nitrogens with two attached hydrogens (primary N) is 2. The molecule has 0 aliphatic heterocycles. The van der Waals surface area contributed by atoms with Crippen LogP contribution >= 0.6 is 0 Å². The summed E-state index contributed by atoms with van der Waals surface area (Å²) in [6.45, 7) is 4.30. The van der Waals surface area contributed by atoms with Crippen LogP contribution < -0.4 is 16.2 Å². The molecule has 0 aliphatic carbocycles. The van der Waals surface area contributed by atoms with Gasteiger partial charge in [-0.15, -0.1) is 0 Å². The second-order valence-electron chi connectivity index (χ2n) is 5.14. The van der Waals surface area contributed by atoms with Gasteiger partial charge in [-0.05, 0) is 30.0 Å². The Morgan fingerprint density at radius 3 is 2.25 bits per heavy atom. The molecule has 0 radical (unpaired) electrons. The molecule has 1 unspecified atom stereocenters. The average molecular weight is 299 g/mol. The van der Waals surface area contributed by atoms with Gasteiger partial charge in [0.05, 0.1) is 10.9 Å². The van der Waals surface area contributed by atoms with E-state index in [1.54, 1.807) is 12.1 Å². The van der Waals surface area contributed by atoms with Gasteiger partial charge >= 0.3 is 0 Å². The average Bonchev–Trinajstić information content (AvgIpc) is 2.34. The standard InChI is InChI=1S/C13H21N3O3S/c1-9(2)7-12(14)13(17)16-8-10-3-5-11(6-4-10)20(15,18)19/h3-6,9,12H,7-8,14H2,1-2H3,(H,16,17)(H2,15,18,19). The quantitative estimate of drug-likeness (QED) is 0.701. The summed E-state index contributed by atoms with van der Waals surface area (Å²) < 4.78 is 22.2. The molecule has 0 fully saturated rings. The van der Waals surface area contributed by atoms with Gasteiger partial charge in [-0.25, -0.2) is 13.6 Å². The fourth-order valence-electron chi connectivity index (χ4n) is 1.73. The molecule has 0 spiro atoms. The molecule has 0 saturated carbocycles. The third-order valence-electron chi connectivity index (χ3n) is 2.78. The molecule has 0 heterocycles. The number of hydrogen-bond donors (Lipinski definition) is 3. The number of hydrogen-bond acceptors (Lipinski definition) is 4. The number of carbonyl (C=O) groups is 1. The van der Waals surface area contributed by atoms with E-state index in [-0.39, 0.29) is 10.8 Å². The van der Waals surface area contributed by atoms with Crippen LogP contribution in [0.25, 0.3) is 0 Å². The molecule has 0 aliphatic rings. The van der Waals surface area contributed by atoms with Crippen LogP contribution in [0.15, 0.2) is 29.2 Å². The van der Waals surface area contributed by atoms with Crippen LogP contribution in [-0.2, 0) is 21.4 Å². The Hall–Kier alpha value is -1.44. The third kappa shape index (κ3) is 5.28. The molecule has 0 aromatic heterocycles. The first-order chi connectivity index (χ1) is 9.20. The molecular formula is C13H21N3O3S. The lowest BCUT2D eigenvalue weighted by Crippen LogP contribution is -2.41. The number of sulfonamides is 1. The van der Waals surface area contributed by atoms with Crippen molar-refractivity contribution in [3.63, 3.8) is 0 Å². The highest BCUT2D eigenvalue weighted by Crippen LogP contribution is 2.09. The Morgan fingerprint density at radius 2 is 1.80 bits per heavy atom. The summed E-state index contributed by atoms with van der Waals surface area (Å²) in [6, 6.07) is 5.50. The molecule has 1 atom stereocenters. The third-order valence-corrected chi connectivity index (χ3v) is 3.71. The molecule has 0 saturated heterocycles. The number of rotatable bonds is 6.